The lowest BCUT2D eigenvalue weighted by Gasteiger charge is -2.05. The lowest BCUT2D eigenvalue weighted by Crippen LogP contribution is -1.98. The van der Waals surface area contributed by atoms with Crippen LogP contribution in [0.1, 0.15) is 22.5 Å². The lowest BCUT2D eigenvalue weighted by atomic mass is 10.1. The van der Waals surface area contributed by atoms with Gasteiger partial charge in [-0.1, -0.05) is 30.3 Å². The number of nitrogens with zero attached hydrogens (tertiary/aromatic N) is 2. The Morgan fingerprint density at radius 3 is 2.72 bits per heavy atom. The van der Waals surface area contributed by atoms with Gasteiger partial charge in [-0.25, -0.2) is 4.98 Å². The number of fused-ring (bicyclic) bond motifs is 1. The highest BCUT2D eigenvalue weighted by atomic mass is 15.0. The second-order valence-corrected chi connectivity index (χ2v) is 4.78. The Balaban J connectivity index is 2.05. The van der Waals surface area contributed by atoms with Crippen molar-refractivity contribution < 1.29 is 0 Å². The van der Waals surface area contributed by atoms with Gasteiger partial charge in [0.15, 0.2) is 0 Å². The van der Waals surface area contributed by atoms with Crippen LogP contribution in [0.5, 0.6) is 0 Å². The standard InChI is InChI=1S/C16H16N2/c1-12-7-8-15-10-17-16(18(15)11-12)9-14-6-4-3-5-13(14)2/h3-8,10-11H,9H2,1-2H3. The fraction of sp³-hybridized carbons (Fsp3) is 0.188. The monoisotopic (exact) mass is 236 g/mol. The predicted molar refractivity (Wildman–Crippen MR) is 73.9 cm³/mol. The maximum absolute atomic E-state index is 4.54. The number of hydrogen-bond donors (Lipinski definition) is 0. The van der Waals surface area contributed by atoms with Gasteiger partial charge < -0.3 is 4.40 Å². The third kappa shape index (κ3) is 1.90. The van der Waals surface area contributed by atoms with Crippen LogP contribution in [0.4, 0.5) is 0 Å². The molecule has 3 aromatic rings. The fourth-order valence-corrected chi connectivity index (χ4v) is 2.26. The molecule has 90 valence electrons. The van der Waals surface area contributed by atoms with E-state index in [4.69, 9.17) is 0 Å². The van der Waals surface area contributed by atoms with Crippen LogP contribution in [-0.4, -0.2) is 9.38 Å². The fourth-order valence-electron chi connectivity index (χ4n) is 2.26. The molecule has 0 bridgehead atoms. The van der Waals surface area contributed by atoms with Crippen molar-refractivity contribution in [2.75, 3.05) is 0 Å². The molecule has 0 N–H and O–H groups in total. The molecule has 0 radical (unpaired) electrons. The summed E-state index contributed by atoms with van der Waals surface area (Å²) in [5, 5.41) is 0. The van der Waals surface area contributed by atoms with Gasteiger partial charge in [-0.2, -0.15) is 0 Å². The maximum atomic E-state index is 4.54. The van der Waals surface area contributed by atoms with Gasteiger partial charge in [-0.05, 0) is 36.6 Å². The summed E-state index contributed by atoms with van der Waals surface area (Å²) in [5.74, 6) is 1.10. The van der Waals surface area contributed by atoms with Crippen molar-refractivity contribution in [3.63, 3.8) is 0 Å². The molecule has 0 saturated carbocycles. The van der Waals surface area contributed by atoms with Crippen molar-refractivity contribution in [3.8, 4) is 0 Å². The zero-order chi connectivity index (χ0) is 12.5. The molecule has 0 aliphatic heterocycles. The van der Waals surface area contributed by atoms with E-state index in [-0.39, 0.29) is 0 Å². The first-order valence-corrected chi connectivity index (χ1v) is 6.21. The number of benzene rings is 1. The number of imidazole rings is 1. The predicted octanol–water partition coefficient (Wildman–Crippen LogP) is 3.54. The minimum atomic E-state index is 0.879. The highest BCUT2D eigenvalue weighted by Crippen LogP contribution is 2.15. The van der Waals surface area contributed by atoms with Gasteiger partial charge in [0.25, 0.3) is 0 Å². The van der Waals surface area contributed by atoms with E-state index >= 15 is 0 Å². The molecule has 2 heteroatoms. The van der Waals surface area contributed by atoms with Gasteiger partial charge in [-0.15, -0.1) is 0 Å². The van der Waals surface area contributed by atoms with E-state index in [0.717, 1.165) is 17.8 Å². The summed E-state index contributed by atoms with van der Waals surface area (Å²) in [5.41, 5.74) is 5.07. The van der Waals surface area contributed by atoms with Gasteiger partial charge in [0.05, 0.1) is 11.7 Å². The summed E-state index contributed by atoms with van der Waals surface area (Å²) in [4.78, 5) is 4.54. The molecule has 1 aromatic carbocycles. The number of aryl methyl sites for hydroxylation is 2. The number of rotatable bonds is 2. The highest BCUT2D eigenvalue weighted by molar-refractivity contribution is 5.47. The summed E-state index contributed by atoms with van der Waals surface area (Å²) in [6.45, 7) is 4.26. The quantitative estimate of drug-likeness (QED) is 0.665. The zero-order valence-electron chi connectivity index (χ0n) is 10.7. The van der Waals surface area contributed by atoms with E-state index < -0.39 is 0 Å². The summed E-state index contributed by atoms with van der Waals surface area (Å²) in [7, 11) is 0. The van der Waals surface area contributed by atoms with Gasteiger partial charge in [0, 0.05) is 12.6 Å². The molecule has 2 aromatic heterocycles. The minimum Gasteiger partial charge on any atom is -0.303 e. The van der Waals surface area contributed by atoms with Crippen molar-refractivity contribution in [1.29, 1.82) is 0 Å². The summed E-state index contributed by atoms with van der Waals surface area (Å²) in [6.07, 6.45) is 4.97. The first kappa shape index (κ1) is 11.0. The number of hydrogen-bond acceptors (Lipinski definition) is 1. The molecule has 0 atom stereocenters. The SMILES string of the molecule is Cc1ccc2cnc(Cc3ccccc3C)n2c1. The van der Waals surface area contributed by atoms with Crippen LogP contribution in [0, 0.1) is 13.8 Å². The van der Waals surface area contributed by atoms with Crippen molar-refractivity contribution in [3.05, 3.63) is 71.3 Å². The molecule has 0 fully saturated rings. The van der Waals surface area contributed by atoms with Crippen LogP contribution in [-0.2, 0) is 6.42 Å². The minimum absolute atomic E-state index is 0.879. The first-order chi connectivity index (χ1) is 8.74. The Hall–Kier alpha value is -2.09. The molecule has 0 aliphatic rings. The Morgan fingerprint density at radius 2 is 1.89 bits per heavy atom. The van der Waals surface area contributed by atoms with E-state index in [1.165, 1.54) is 16.7 Å². The van der Waals surface area contributed by atoms with E-state index in [1.807, 2.05) is 6.20 Å². The van der Waals surface area contributed by atoms with Crippen LogP contribution in [0.25, 0.3) is 5.52 Å². The van der Waals surface area contributed by atoms with Crippen LogP contribution in [0.2, 0.25) is 0 Å². The summed E-state index contributed by atoms with van der Waals surface area (Å²) >= 11 is 0. The molecule has 0 unspecified atom stereocenters. The van der Waals surface area contributed by atoms with E-state index in [1.54, 1.807) is 0 Å². The topological polar surface area (TPSA) is 17.3 Å². The molecule has 3 rings (SSSR count). The molecule has 0 saturated heterocycles. The first-order valence-electron chi connectivity index (χ1n) is 6.21. The van der Waals surface area contributed by atoms with Crippen molar-refractivity contribution in [2.24, 2.45) is 0 Å². The van der Waals surface area contributed by atoms with E-state index in [9.17, 15) is 0 Å². The molecule has 0 spiro atoms. The van der Waals surface area contributed by atoms with Crippen molar-refractivity contribution in [2.45, 2.75) is 20.3 Å². The highest BCUT2D eigenvalue weighted by Gasteiger charge is 2.06. The third-order valence-electron chi connectivity index (χ3n) is 3.36. The molecular formula is C16H16N2. The molecule has 18 heavy (non-hydrogen) atoms. The van der Waals surface area contributed by atoms with Gasteiger partial charge in [0.2, 0.25) is 0 Å². The Morgan fingerprint density at radius 1 is 1.06 bits per heavy atom. The second kappa shape index (κ2) is 4.30. The normalized spacial score (nSPS) is 11.0. The third-order valence-corrected chi connectivity index (χ3v) is 3.36. The molecule has 0 aliphatic carbocycles. The molecule has 2 nitrogen and oxygen atoms in total. The van der Waals surface area contributed by atoms with Crippen LogP contribution < -0.4 is 0 Å². The van der Waals surface area contributed by atoms with Crippen molar-refractivity contribution >= 4 is 5.52 Å². The molecular weight excluding hydrogens is 220 g/mol. The Kier molecular flexibility index (Phi) is 2.63. The van der Waals surface area contributed by atoms with Crippen LogP contribution >= 0.6 is 0 Å². The van der Waals surface area contributed by atoms with E-state index in [2.05, 4.69) is 65.8 Å². The van der Waals surface area contributed by atoms with Gasteiger partial charge in [0.1, 0.15) is 5.82 Å². The largest absolute Gasteiger partial charge is 0.303 e. The zero-order valence-corrected chi connectivity index (χ0v) is 10.7. The maximum Gasteiger partial charge on any atom is 0.117 e. The molecule has 0 amide bonds. The summed E-state index contributed by atoms with van der Waals surface area (Å²) in [6, 6.07) is 12.7. The van der Waals surface area contributed by atoms with Crippen molar-refractivity contribution in [1.82, 2.24) is 9.38 Å². The average Bonchev–Trinajstić information content (AvgIpc) is 2.75. The summed E-state index contributed by atoms with van der Waals surface area (Å²) < 4.78 is 2.18. The van der Waals surface area contributed by atoms with Crippen LogP contribution in [0.15, 0.2) is 48.8 Å². The van der Waals surface area contributed by atoms with E-state index in [0.29, 0.717) is 0 Å². The van der Waals surface area contributed by atoms with Gasteiger partial charge >= 0.3 is 0 Å². The Labute approximate surface area is 107 Å². The average molecular weight is 236 g/mol. The second-order valence-electron chi connectivity index (χ2n) is 4.78. The molecule has 2 heterocycles. The van der Waals surface area contributed by atoms with Crippen LogP contribution in [0.3, 0.4) is 0 Å². The number of pyridine rings is 1. The van der Waals surface area contributed by atoms with Gasteiger partial charge in [-0.3, -0.25) is 0 Å². The smallest absolute Gasteiger partial charge is 0.117 e. The number of aromatic nitrogens is 2. The lowest BCUT2D eigenvalue weighted by molar-refractivity contribution is 0.949. The Bertz CT molecular complexity index is 695.